The van der Waals surface area contributed by atoms with Gasteiger partial charge in [0.25, 0.3) is 0 Å². The minimum Gasteiger partial charge on any atom is -0.480 e. The third-order valence-corrected chi connectivity index (χ3v) is 5.14. The van der Waals surface area contributed by atoms with E-state index in [0.29, 0.717) is 18.1 Å². The second-order valence-corrected chi connectivity index (χ2v) is 6.69. The minimum atomic E-state index is -0.965. The molecule has 3 rings (SSSR count). The highest BCUT2D eigenvalue weighted by Crippen LogP contribution is 2.29. The van der Waals surface area contributed by atoms with Crippen molar-refractivity contribution >= 4 is 11.9 Å². The summed E-state index contributed by atoms with van der Waals surface area (Å²) in [6.07, 6.45) is 7.51. The smallest absolute Gasteiger partial charge is 0.328 e. The second kappa shape index (κ2) is 6.68. The maximum atomic E-state index is 12.5. The summed E-state index contributed by atoms with van der Waals surface area (Å²) >= 11 is 0. The Kier molecular flexibility index (Phi) is 4.63. The highest BCUT2D eigenvalue weighted by molar-refractivity contribution is 5.83. The van der Waals surface area contributed by atoms with Gasteiger partial charge in [-0.1, -0.05) is 25.7 Å². The first-order valence-electron chi connectivity index (χ1n) is 8.47. The van der Waals surface area contributed by atoms with Gasteiger partial charge < -0.3 is 14.6 Å². The molecule has 0 bridgehead atoms. The van der Waals surface area contributed by atoms with Crippen LogP contribution in [-0.4, -0.2) is 42.7 Å². The van der Waals surface area contributed by atoms with Gasteiger partial charge in [0.15, 0.2) is 5.82 Å². The molecule has 7 nitrogen and oxygen atoms in total. The molecule has 1 saturated carbocycles. The van der Waals surface area contributed by atoms with E-state index >= 15 is 0 Å². The van der Waals surface area contributed by atoms with Crippen LogP contribution >= 0.6 is 0 Å². The first-order valence-corrected chi connectivity index (χ1v) is 8.47. The lowest BCUT2D eigenvalue weighted by atomic mass is 10.00. The number of rotatable bonds is 5. The third-order valence-electron chi connectivity index (χ3n) is 5.14. The van der Waals surface area contributed by atoms with E-state index in [4.69, 9.17) is 0 Å². The molecule has 1 N–H and O–H groups in total. The molecular formula is C16H24N4O3. The minimum absolute atomic E-state index is 0.0812. The first kappa shape index (κ1) is 16.0. The number of aliphatic carboxylic acids is 1. The fourth-order valence-electron chi connectivity index (χ4n) is 3.77. The first-order chi connectivity index (χ1) is 11.1. The molecule has 1 atom stereocenters. The monoisotopic (exact) mass is 320 g/mol. The van der Waals surface area contributed by atoms with Crippen molar-refractivity contribution in [1.29, 1.82) is 0 Å². The molecule has 1 aliphatic carbocycles. The molecule has 1 unspecified atom stereocenters. The predicted octanol–water partition coefficient (Wildman–Crippen LogP) is 1.74. The number of carbonyl (C=O) groups excluding carboxylic acids is 1. The highest BCUT2D eigenvalue weighted by atomic mass is 16.4. The van der Waals surface area contributed by atoms with Crippen LogP contribution in [0.1, 0.15) is 56.6 Å². The summed E-state index contributed by atoms with van der Waals surface area (Å²) in [4.78, 5) is 25.5. The van der Waals surface area contributed by atoms with Crippen molar-refractivity contribution < 1.29 is 14.7 Å². The Balaban J connectivity index is 1.62. The lowest BCUT2D eigenvalue weighted by Crippen LogP contribution is -2.50. The number of aryl methyl sites for hydroxylation is 1. The number of hydrogen-bond acceptors (Lipinski definition) is 4. The molecule has 2 aliphatic rings. The van der Waals surface area contributed by atoms with Gasteiger partial charge in [0.2, 0.25) is 5.91 Å². The molecule has 1 aliphatic heterocycles. The largest absolute Gasteiger partial charge is 0.480 e. The number of carbonyl (C=O) groups is 2. The summed E-state index contributed by atoms with van der Waals surface area (Å²) in [6.45, 7) is 2.27. The molecule has 0 spiro atoms. The zero-order valence-electron chi connectivity index (χ0n) is 13.6. The van der Waals surface area contributed by atoms with E-state index in [2.05, 4.69) is 10.2 Å². The number of carboxylic acid groups (broad SMARTS) is 1. The summed E-state index contributed by atoms with van der Waals surface area (Å²) in [5.41, 5.74) is 0. The van der Waals surface area contributed by atoms with Gasteiger partial charge in [0.1, 0.15) is 11.9 Å². The molecule has 126 valence electrons. The normalized spacial score (nSPS) is 21.4. The summed E-state index contributed by atoms with van der Waals surface area (Å²) in [6, 6.07) is -0.823. The van der Waals surface area contributed by atoms with Crippen molar-refractivity contribution in [2.45, 2.75) is 71.0 Å². The van der Waals surface area contributed by atoms with Crippen molar-refractivity contribution in [2.75, 3.05) is 0 Å². The van der Waals surface area contributed by atoms with E-state index in [-0.39, 0.29) is 19.0 Å². The molecule has 0 saturated heterocycles. The molecular weight excluding hydrogens is 296 g/mol. The standard InChI is InChI=1S/C16H24N4O3/c1-11-17-18-14-10-20(13(16(22)23)9-19(11)14)15(21)8-4-7-12-5-2-3-6-12/h12-13H,2-10H2,1H3,(H,22,23). The summed E-state index contributed by atoms with van der Waals surface area (Å²) in [7, 11) is 0. The maximum Gasteiger partial charge on any atom is 0.328 e. The quantitative estimate of drug-likeness (QED) is 0.893. The second-order valence-electron chi connectivity index (χ2n) is 6.69. The number of carboxylic acids is 1. The Hall–Kier alpha value is -1.92. The van der Waals surface area contributed by atoms with Crippen molar-refractivity contribution in [3.05, 3.63) is 11.6 Å². The van der Waals surface area contributed by atoms with Crippen LogP contribution in [0.25, 0.3) is 0 Å². The fourth-order valence-corrected chi connectivity index (χ4v) is 3.77. The number of aromatic nitrogens is 3. The zero-order chi connectivity index (χ0) is 16.4. The van der Waals surface area contributed by atoms with Gasteiger partial charge in [-0.3, -0.25) is 4.79 Å². The van der Waals surface area contributed by atoms with Gasteiger partial charge in [-0.05, 0) is 25.7 Å². The van der Waals surface area contributed by atoms with Crippen LogP contribution in [0, 0.1) is 12.8 Å². The van der Waals surface area contributed by atoms with Crippen molar-refractivity contribution in [2.24, 2.45) is 5.92 Å². The molecule has 1 aromatic heterocycles. The van der Waals surface area contributed by atoms with E-state index < -0.39 is 12.0 Å². The van der Waals surface area contributed by atoms with Gasteiger partial charge in [-0.2, -0.15) is 0 Å². The van der Waals surface area contributed by atoms with Crippen LogP contribution < -0.4 is 0 Å². The molecule has 0 radical (unpaired) electrons. The third kappa shape index (κ3) is 3.38. The van der Waals surface area contributed by atoms with E-state index in [1.54, 1.807) is 11.5 Å². The van der Waals surface area contributed by atoms with E-state index in [1.807, 2.05) is 0 Å². The molecule has 1 aromatic rings. The number of hydrogen-bond donors (Lipinski definition) is 1. The van der Waals surface area contributed by atoms with E-state index in [1.165, 1.54) is 30.6 Å². The Morgan fingerprint density at radius 3 is 2.70 bits per heavy atom. The molecule has 1 amide bonds. The van der Waals surface area contributed by atoms with Gasteiger partial charge >= 0.3 is 5.97 Å². The molecule has 0 aromatic carbocycles. The highest BCUT2D eigenvalue weighted by Gasteiger charge is 2.36. The van der Waals surface area contributed by atoms with E-state index in [9.17, 15) is 14.7 Å². The van der Waals surface area contributed by atoms with Crippen LogP contribution in [0.15, 0.2) is 0 Å². The molecule has 1 fully saturated rings. The lowest BCUT2D eigenvalue weighted by molar-refractivity contribution is -0.152. The van der Waals surface area contributed by atoms with Crippen LogP contribution in [0.5, 0.6) is 0 Å². The zero-order valence-corrected chi connectivity index (χ0v) is 13.6. The molecule has 23 heavy (non-hydrogen) atoms. The number of amides is 1. The predicted molar refractivity (Wildman–Crippen MR) is 82.5 cm³/mol. The number of nitrogens with zero attached hydrogens (tertiary/aromatic N) is 4. The number of fused-ring (bicyclic) bond motifs is 1. The molecule has 7 heteroatoms. The topological polar surface area (TPSA) is 88.3 Å². The van der Waals surface area contributed by atoms with E-state index in [0.717, 1.165) is 18.8 Å². The average Bonchev–Trinajstić information content (AvgIpc) is 3.16. The summed E-state index contributed by atoms with van der Waals surface area (Å²) in [5.74, 6) is 1.07. The lowest BCUT2D eigenvalue weighted by Gasteiger charge is -2.33. The summed E-state index contributed by atoms with van der Waals surface area (Å²) in [5, 5.41) is 17.5. The maximum absolute atomic E-state index is 12.5. The Labute approximate surface area is 135 Å². The fraction of sp³-hybridized carbons (Fsp3) is 0.750. The Morgan fingerprint density at radius 1 is 1.26 bits per heavy atom. The SMILES string of the molecule is Cc1nnc2n1CC(C(=O)O)N(C(=O)CCCC1CCCC1)C2. The van der Waals surface area contributed by atoms with Gasteiger partial charge in [-0.25, -0.2) is 4.79 Å². The summed E-state index contributed by atoms with van der Waals surface area (Å²) < 4.78 is 1.79. The average molecular weight is 320 g/mol. The Bertz CT molecular complexity index is 592. The van der Waals surface area contributed by atoms with Crippen LogP contribution in [0.3, 0.4) is 0 Å². The Morgan fingerprint density at radius 2 is 2.00 bits per heavy atom. The van der Waals surface area contributed by atoms with Crippen molar-refractivity contribution in [1.82, 2.24) is 19.7 Å². The van der Waals surface area contributed by atoms with Gasteiger partial charge in [-0.15, -0.1) is 10.2 Å². The van der Waals surface area contributed by atoms with Crippen LogP contribution in [-0.2, 0) is 22.7 Å². The van der Waals surface area contributed by atoms with Crippen LogP contribution in [0.2, 0.25) is 0 Å². The van der Waals surface area contributed by atoms with Crippen molar-refractivity contribution in [3.8, 4) is 0 Å². The van der Waals surface area contributed by atoms with Gasteiger partial charge in [0.05, 0.1) is 13.1 Å². The van der Waals surface area contributed by atoms with Crippen LogP contribution in [0.4, 0.5) is 0 Å². The van der Waals surface area contributed by atoms with Crippen molar-refractivity contribution in [3.63, 3.8) is 0 Å². The van der Waals surface area contributed by atoms with Gasteiger partial charge in [0, 0.05) is 6.42 Å². The molecule has 2 heterocycles.